The van der Waals surface area contributed by atoms with E-state index in [1.54, 1.807) is 6.20 Å². The minimum absolute atomic E-state index is 0.952. The van der Waals surface area contributed by atoms with Gasteiger partial charge in [-0.05, 0) is 54.0 Å². The van der Waals surface area contributed by atoms with Crippen molar-refractivity contribution in [3.63, 3.8) is 0 Å². The molecule has 0 aliphatic carbocycles. The van der Waals surface area contributed by atoms with Gasteiger partial charge in [0.1, 0.15) is 0 Å². The summed E-state index contributed by atoms with van der Waals surface area (Å²) in [7, 11) is 0. The summed E-state index contributed by atoms with van der Waals surface area (Å²) in [5, 5.41) is 9.59. The second kappa shape index (κ2) is 10.5. The van der Waals surface area contributed by atoms with Crippen molar-refractivity contribution in [2.45, 2.75) is 6.92 Å². The van der Waals surface area contributed by atoms with E-state index < -0.39 is 0 Å². The second-order valence-electron chi connectivity index (χ2n) is 9.25. The molecule has 0 amide bonds. The molecule has 0 spiro atoms. The largest absolute Gasteiger partial charge is 0.248 e. The summed E-state index contributed by atoms with van der Waals surface area (Å²) in [6.45, 7) is 2.09. The summed E-state index contributed by atoms with van der Waals surface area (Å²) in [5.74, 6) is 0. The maximum absolute atomic E-state index is 4.71. The third-order valence-corrected chi connectivity index (χ3v) is 6.51. The van der Waals surface area contributed by atoms with Gasteiger partial charge in [0.05, 0.1) is 28.8 Å². The maximum atomic E-state index is 4.71. The predicted molar refractivity (Wildman–Crippen MR) is 158 cm³/mol. The van der Waals surface area contributed by atoms with Crippen molar-refractivity contribution in [2.75, 3.05) is 0 Å². The van der Waals surface area contributed by atoms with Gasteiger partial charge < -0.3 is 0 Å². The Balaban J connectivity index is 1.12. The summed E-state index contributed by atoms with van der Waals surface area (Å²) < 4.78 is 1.87. The highest BCUT2D eigenvalue weighted by molar-refractivity contribution is 5.81. The zero-order valence-electron chi connectivity index (χ0n) is 21.1. The Morgan fingerprint density at radius 3 is 1.95 bits per heavy atom. The van der Waals surface area contributed by atoms with Gasteiger partial charge in [0.2, 0.25) is 0 Å². The van der Waals surface area contributed by atoms with Gasteiger partial charge in [0.25, 0.3) is 0 Å². The molecule has 2 aromatic heterocycles. The molecule has 182 valence electrons. The molecule has 4 heteroatoms. The van der Waals surface area contributed by atoms with Gasteiger partial charge in [-0.25, -0.2) is 9.67 Å². The summed E-state index contributed by atoms with van der Waals surface area (Å²) in [5.41, 5.74) is 9.64. The molecule has 4 nitrogen and oxygen atoms in total. The minimum atomic E-state index is 0.952. The molecule has 38 heavy (non-hydrogen) atoms. The number of fused-ring (bicyclic) bond motifs is 1. The average Bonchev–Trinajstić information content (AvgIpc) is 3.46. The molecule has 0 aliphatic rings. The van der Waals surface area contributed by atoms with E-state index >= 15 is 0 Å². The van der Waals surface area contributed by atoms with Gasteiger partial charge in [0.15, 0.2) is 0 Å². The van der Waals surface area contributed by atoms with E-state index in [0.29, 0.717) is 0 Å². The van der Waals surface area contributed by atoms with Crippen molar-refractivity contribution in [1.82, 2.24) is 20.0 Å². The molecule has 2 heterocycles. The van der Waals surface area contributed by atoms with Gasteiger partial charge in [-0.2, -0.15) is 0 Å². The van der Waals surface area contributed by atoms with Crippen LogP contribution < -0.4 is 0 Å². The van der Waals surface area contributed by atoms with Crippen molar-refractivity contribution in [2.24, 2.45) is 0 Å². The Morgan fingerprint density at radius 1 is 0.605 bits per heavy atom. The first-order chi connectivity index (χ1) is 18.7. The van der Waals surface area contributed by atoms with Crippen molar-refractivity contribution >= 4 is 35.2 Å². The number of para-hydroxylation sites is 1. The van der Waals surface area contributed by atoms with Crippen LogP contribution in [0.4, 0.5) is 0 Å². The summed E-state index contributed by atoms with van der Waals surface area (Å²) in [6.07, 6.45) is 10.2. The van der Waals surface area contributed by atoms with E-state index in [0.717, 1.165) is 50.2 Å². The SMILES string of the molecule is Cc1ccc(-c2cnnn2-c2ccc(/C=C/c3ccc(/C=C/c4ccc5ccccc5n4)cc3)cc2)cc1. The van der Waals surface area contributed by atoms with Crippen LogP contribution in [0.25, 0.3) is 52.2 Å². The third kappa shape index (κ3) is 5.20. The lowest BCUT2D eigenvalue weighted by molar-refractivity contribution is 0.808. The Morgan fingerprint density at radius 2 is 1.24 bits per heavy atom. The van der Waals surface area contributed by atoms with E-state index in [2.05, 4.69) is 126 Å². The topological polar surface area (TPSA) is 43.6 Å². The number of aryl methyl sites for hydroxylation is 1. The quantitative estimate of drug-likeness (QED) is 0.221. The van der Waals surface area contributed by atoms with Crippen LogP contribution in [-0.4, -0.2) is 20.0 Å². The molecule has 6 rings (SSSR count). The van der Waals surface area contributed by atoms with Gasteiger partial charge >= 0.3 is 0 Å². The van der Waals surface area contributed by atoms with Gasteiger partial charge in [0, 0.05) is 10.9 Å². The molecule has 0 N–H and O–H groups in total. The monoisotopic (exact) mass is 490 g/mol. The lowest BCUT2D eigenvalue weighted by atomic mass is 10.1. The molecule has 0 unspecified atom stereocenters. The van der Waals surface area contributed by atoms with Gasteiger partial charge in [-0.15, -0.1) is 5.10 Å². The van der Waals surface area contributed by atoms with Crippen LogP contribution >= 0.6 is 0 Å². The zero-order chi connectivity index (χ0) is 25.7. The standard InChI is InChI=1S/C34H26N4/c1-25-6-17-30(18-7-25)34-24-35-37-38(34)32-22-15-28(16-23-32)13-10-26-8-11-27(12-9-26)14-20-31-21-19-29-4-2-3-5-33(29)36-31/h2-24H,1H3/b13-10+,20-14+. The van der Waals surface area contributed by atoms with Gasteiger partial charge in [-0.3, -0.25) is 0 Å². The normalized spacial score (nSPS) is 11.6. The van der Waals surface area contributed by atoms with E-state index in [9.17, 15) is 0 Å². The smallest absolute Gasteiger partial charge is 0.0944 e. The number of pyridine rings is 1. The molecule has 6 aromatic rings. The van der Waals surface area contributed by atoms with Crippen LogP contribution in [0.1, 0.15) is 27.9 Å². The lowest BCUT2D eigenvalue weighted by Crippen LogP contribution is -1.99. The minimum Gasteiger partial charge on any atom is -0.248 e. The van der Waals surface area contributed by atoms with E-state index in [-0.39, 0.29) is 0 Å². The highest BCUT2D eigenvalue weighted by Gasteiger charge is 2.08. The first kappa shape index (κ1) is 23.3. The first-order valence-corrected chi connectivity index (χ1v) is 12.6. The highest BCUT2D eigenvalue weighted by atomic mass is 15.4. The summed E-state index contributed by atoms with van der Waals surface area (Å²) >= 11 is 0. The van der Waals surface area contributed by atoms with Crippen molar-refractivity contribution in [1.29, 1.82) is 0 Å². The Kier molecular flexibility index (Phi) is 6.44. The molecule has 0 bridgehead atoms. The number of hydrogen-bond donors (Lipinski definition) is 0. The van der Waals surface area contributed by atoms with Crippen molar-refractivity contribution < 1.29 is 0 Å². The lowest BCUT2D eigenvalue weighted by Gasteiger charge is -2.07. The molecule has 0 aliphatic heterocycles. The molecule has 0 atom stereocenters. The molecule has 0 radical (unpaired) electrons. The zero-order valence-corrected chi connectivity index (χ0v) is 21.1. The predicted octanol–water partition coefficient (Wildman–Crippen LogP) is 8.13. The van der Waals surface area contributed by atoms with E-state index in [1.807, 2.05) is 28.9 Å². The van der Waals surface area contributed by atoms with Crippen LogP contribution in [0.3, 0.4) is 0 Å². The van der Waals surface area contributed by atoms with E-state index in [1.165, 1.54) is 5.56 Å². The summed E-state index contributed by atoms with van der Waals surface area (Å²) in [4.78, 5) is 4.71. The fourth-order valence-electron chi connectivity index (χ4n) is 4.34. The van der Waals surface area contributed by atoms with Crippen LogP contribution in [0.5, 0.6) is 0 Å². The van der Waals surface area contributed by atoms with Gasteiger partial charge in [-0.1, -0.05) is 114 Å². The molecular weight excluding hydrogens is 464 g/mol. The highest BCUT2D eigenvalue weighted by Crippen LogP contribution is 2.22. The molecule has 0 saturated heterocycles. The Hall–Kier alpha value is -5.09. The average molecular weight is 491 g/mol. The van der Waals surface area contributed by atoms with Crippen molar-refractivity contribution in [3.8, 4) is 16.9 Å². The third-order valence-electron chi connectivity index (χ3n) is 6.51. The number of aromatic nitrogens is 4. The number of benzene rings is 4. The molecule has 0 saturated carbocycles. The molecule has 4 aromatic carbocycles. The number of hydrogen-bond acceptors (Lipinski definition) is 3. The molecule has 0 fully saturated rings. The van der Waals surface area contributed by atoms with Crippen molar-refractivity contribution in [3.05, 3.63) is 143 Å². The first-order valence-electron chi connectivity index (χ1n) is 12.6. The van der Waals surface area contributed by atoms with E-state index in [4.69, 9.17) is 4.98 Å². The van der Waals surface area contributed by atoms with Crippen LogP contribution in [0.2, 0.25) is 0 Å². The van der Waals surface area contributed by atoms with Crippen LogP contribution in [0, 0.1) is 6.92 Å². The van der Waals surface area contributed by atoms with Crippen LogP contribution in [-0.2, 0) is 0 Å². The maximum Gasteiger partial charge on any atom is 0.0944 e. The van der Waals surface area contributed by atoms with Crippen LogP contribution in [0.15, 0.2) is 115 Å². The fourth-order valence-corrected chi connectivity index (χ4v) is 4.34. The Bertz CT molecular complexity index is 1740. The second-order valence-corrected chi connectivity index (χ2v) is 9.25. The fraction of sp³-hybridized carbons (Fsp3) is 0.0294. The number of rotatable bonds is 6. The Labute approximate surface area is 222 Å². The summed E-state index contributed by atoms with van der Waals surface area (Å²) in [6, 6.07) is 37.6. The molecular formula is C34H26N4. The number of nitrogens with zero attached hydrogens (tertiary/aromatic N) is 4.